The van der Waals surface area contributed by atoms with Gasteiger partial charge in [0.15, 0.2) is 0 Å². The number of aromatic amines is 1. The monoisotopic (exact) mass is 286 g/mol. The predicted octanol–water partition coefficient (Wildman–Crippen LogP) is 3.08. The third-order valence-electron chi connectivity index (χ3n) is 3.22. The van der Waals surface area contributed by atoms with Gasteiger partial charge in [0.05, 0.1) is 18.0 Å². The van der Waals surface area contributed by atoms with Crippen molar-refractivity contribution in [1.29, 1.82) is 0 Å². The van der Waals surface area contributed by atoms with E-state index in [1.54, 1.807) is 18.2 Å². The summed E-state index contributed by atoms with van der Waals surface area (Å²) in [5.41, 5.74) is 1.65. The maximum atomic E-state index is 13.4. The highest BCUT2D eigenvalue weighted by molar-refractivity contribution is 6.04. The molecule has 1 heterocycles. The first-order valence-corrected chi connectivity index (χ1v) is 6.16. The number of hydrogen-bond donors (Lipinski definition) is 2. The molecule has 0 fully saturated rings. The second-order valence-corrected chi connectivity index (χ2v) is 4.46. The summed E-state index contributed by atoms with van der Waals surface area (Å²) in [4.78, 5) is 11.3. The molecule has 6 heteroatoms. The van der Waals surface area contributed by atoms with Crippen LogP contribution in [0.1, 0.15) is 10.4 Å². The normalized spacial score (nSPS) is 10.8. The summed E-state index contributed by atoms with van der Waals surface area (Å²) in [6.07, 6.45) is 0. The molecule has 1 aromatic heterocycles. The van der Waals surface area contributed by atoms with Gasteiger partial charge in [-0.2, -0.15) is 5.10 Å². The van der Waals surface area contributed by atoms with Gasteiger partial charge in [0.2, 0.25) is 0 Å². The van der Waals surface area contributed by atoms with Crippen LogP contribution < -0.4 is 4.74 Å². The number of nitrogens with zero attached hydrogens (tertiary/aromatic N) is 1. The lowest BCUT2D eigenvalue weighted by Crippen LogP contribution is -2.00. The molecular weight excluding hydrogens is 275 g/mol. The first-order chi connectivity index (χ1) is 10.1. The molecule has 21 heavy (non-hydrogen) atoms. The predicted molar refractivity (Wildman–Crippen MR) is 75.0 cm³/mol. The summed E-state index contributed by atoms with van der Waals surface area (Å²) in [7, 11) is 1.39. The molecule has 0 unspecified atom stereocenters. The summed E-state index contributed by atoms with van der Waals surface area (Å²) in [6, 6.07) is 8.99. The Morgan fingerprint density at radius 1 is 1.33 bits per heavy atom. The fourth-order valence-corrected chi connectivity index (χ4v) is 2.31. The molecule has 0 aliphatic carbocycles. The maximum absolute atomic E-state index is 13.4. The van der Waals surface area contributed by atoms with Gasteiger partial charge in [0, 0.05) is 5.56 Å². The van der Waals surface area contributed by atoms with Gasteiger partial charge < -0.3 is 9.84 Å². The fraction of sp³-hybridized carbons (Fsp3) is 0.0667. The number of carbonyl (C=O) groups is 1. The molecule has 5 nitrogen and oxygen atoms in total. The van der Waals surface area contributed by atoms with Crippen LogP contribution in [0.15, 0.2) is 36.4 Å². The van der Waals surface area contributed by atoms with Crippen LogP contribution in [0, 0.1) is 5.82 Å². The van der Waals surface area contributed by atoms with Crippen molar-refractivity contribution in [3.05, 3.63) is 47.8 Å². The first kappa shape index (κ1) is 13.1. The number of aromatic carboxylic acids is 1. The number of carboxylic acids is 1. The summed E-state index contributed by atoms with van der Waals surface area (Å²) in [5.74, 6) is -1.29. The highest BCUT2D eigenvalue weighted by Gasteiger charge is 2.19. The molecule has 0 bridgehead atoms. The highest BCUT2D eigenvalue weighted by Crippen LogP contribution is 2.36. The minimum atomic E-state index is -1.10. The van der Waals surface area contributed by atoms with Crippen LogP contribution >= 0.6 is 0 Å². The van der Waals surface area contributed by atoms with E-state index in [-0.39, 0.29) is 11.3 Å². The number of fused-ring (bicyclic) bond motifs is 1. The van der Waals surface area contributed by atoms with Gasteiger partial charge in [-0.15, -0.1) is 0 Å². The van der Waals surface area contributed by atoms with Crippen molar-refractivity contribution in [2.24, 2.45) is 0 Å². The van der Waals surface area contributed by atoms with Crippen LogP contribution in [-0.2, 0) is 0 Å². The molecular formula is C15H11FN2O3. The van der Waals surface area contributed by atoms with E-state index < -0.39 is 11.8 Å². The second-order valence-electron chi connectivity index (χ2n) is 4.46. The number of carboxylic acid groups (broad SMARTS) is 1. The molecule has 0 spiro atoms. The lowest BCUT2D eigenvalue weighted by atomic mass is 10.0. The van der Waals surface area contributed by atoms with Crippen LogP contribution in [0.3, 0.4) is 0 Å². The van der Waals surface area contributed by atoms with E-state index in [0.29, 0.717) is 22.2 Å². The van der Waals surface area contributed by atoms with Crippen molar-refractivity contribution in [1.82, 2.24) is 10.2 Å². The van der Waals surface area contributed by atoms with E-state index in [0.717, 1.165) is 0 Å². The Balaban J connectivity index is 2.34. The molecule has 0 radical (unpaired) electrons. The standard InChI is InChI=1S/C15H11FN2O3/c1-21-14-10(15(19)20)5-6-11-12(14)13(18-17-11)8-3-2-4-9(16)7-8/h2-7H,1H3,(H,17,18)(H,19,20). The van der Waals surface area contributed by atoms with E-state index in [1.807, 2.05) is 0 Å². The third-order valence-corrected chi connectivity index (χ3v) is 3.22. The quantitative estimate of drug-likeness (QED) is 0.776. The third kappa shape index (κ3) is 2.10. The Kier molecular flexibility index (Phi) is 3.06. The van der Waals surface area contributed by atoms with Crippen molar-refractivity contribution in [2.45, 2.75) is 0 Å². The van der Waals surface area contributed by atoms with Crippen LogP contribution in [-0.4, -0.2) is 28.4 Å². The number of halogens is 1. The van der Waals surface area contributed by atoms with E-state index >= 15 is 0 Å². The minimum absolute atomic E-state index is 0.0315. The number of aromatic nitrogens is 2. The number of nitrogens with one attached hydrogen (secondary N) is 1. The maximum Gasteiger partial charge on any atom is 0.339 e. The Hall–Kier alpha value is -2.89. The SMILES string of the molecule is COc1c(C(=O)O)ccc2[nH]nc(-c3cccc(F)c3)c12. The zero-order valence-corrected chi connectivity index (χ0v) is 11.1. The van der Waals surface area contributed by atoms with E-state index in [4.69, 9.17) is 4.74 Å². The van der Waals surface area contributed by atoms with Crippen molar-refractivity contribution in [2.75, 3.05) is 7.11 Å². The Morgan fingerprint density at radius 3 is 2.81 bits per heavy atom. The number of ether oxygens (including phenoxy) is 1. The molecule has 106 valence electrons. The highest BCUT2D eigenvalue weighted by atomic mass is 19.1. The largest absolute Gasteiger partial charge is 0.495 e. The molecule has 0 atom stereocenters. The minimum Gasteiger partial charge on any atom is -0.495 e. The molecule has 2 aromatic carbocycles. The van der Waals surface area contributed by atoms with Crippen LogP contribution in [0.4, 0.5) is 4.39 Å². The summed E-state index contributed by atoms with van der Waals surface area (Å²) < 4.78 is 18.6. The van der Waals surface area contributed by atoms with Crippen molar-refractivity contribution < 1.29 is 19.0 Å². The van der Waals surface area contributed by atoms with Crippen LogP contribution in [0.2, 0.25) is 0 Å². The van der Waals surface area contributed by atoms with Crippen molar-refractivity contribution in [3.63, 3.8) is 0 Å². The lowest BCUT2D eigenvalue weighted by molar-refractivity contribution is 0.0693. The summed E-state index contributed by atoms with van der Waals surface area (Å²) in [6.45, 7) is 0. The molecule has 0 aliphatic rings. The van der Waals surface area contributed by atoms with Gasteiger partial charge in [-0.1, -0.05) is 12.1 Å². The van der Waals surface area contributed by atoms with Gasteiger partial charge in [0.25, 0.3) is 0 Å². The molecule has 2 N–H and O–H groups in total. The molecule has 3 aromatic rings. The molecule has 3 rings (SSSR count). The molecule has 0 amide bonds. The van der Waals surface area contributed by atoms with Gasteiger partial charge >= 0.3 is 5.97 Å². The van der Waals surface area contributed by atoms with E-state index in [2.05, 4.69) is 10.2 Å². The van der Waals surface area contributed by atoms with Crippen LogP contribution in [0.25, 0.3) is 22.2 Å². The molecule has 0 saturated heterocycles. The molecule has 0 saturated carbocycles. The smallest absolute Gasteiger partial charge is 0.339 e. The van der Waals surface area contributed by atoms with E-state index in [9.17, 15) is 14.3 Å². The van der Waals surface area contributed by atoms with Gasteiger partial charge in [0.1, 0.15) is 22.8 Å². The van der Waals surface area contributed by atoms with Crippen molar-refractivity contribution in [3.8, 4) is 17.0 Å². The van der Waals surface area contributed by atoms with Gasteiger partial charge in [-0.05, 0) is 24.3 Å². The topological polar surface area (TPSA) is 75.2 Å². The fourth-order valence-electron chi connectivity index (χ4n) is 2.31. The zero-order chi connectivity index (χ0) is 15.0. The van der Waals surface area contributed by atoms with Crippen LogP contribution in [0.5, 0.6) is 5.75 Å². The number of benzene rings is 2. The number of hydrogen-bond acceptors (Lipinski definition) is 3. The Bertz CT molecular complexity index is 842. The van der Waals surface area contributed by atoms with Gasteiger partial charge in [-0.3, -0.25) is 5.10 Å². The number of H-pyrrole nitrogens is 1. The van der Waals surface area contributed by atoms with E-state index in [1.165, 1.54) is 25.3 Å². The molecule has 0 aliphatic heterocycles. The second kappa shape index (κ2) is 4.90. The number of rotatable bonds is 3. The van der Waals surface area contributed by atoms with Gasteiger partial charge in [-0.25, -0.2) is 9.18 Å². The Morgan fingerprint density at radius 2 is 2.14 bits per heavy atom. The van der Waals surface area contributed by atoms with Crippen molar-refractivity contribution >= 4 is 16.9 Å². The summed E-state index contributed by atoms with van der Waals surface area (Å²) >= 11 is 0. The average Bonchev–Trinajstić information content (AvgIpc) is 2.90. The number of methoxy groups -OCH3 is 1. The first-order valence-electron chi connectivity index (χ1n) is 6.16. The Labute approximate surface area is 119 Å². The lowest BCUT2D eigenvalue weighted by Gasteiger charge is -2.07. The average molecular weight is 286 g/mol. The summed E-state index contributed by atoms with van der Waals surface area (Å²) in [5, 5.41) is 16.7. The zero-order valence-electron chi connectivity index (χ0n) is 11.1.